The van der Waals surface area contributed by atoms with E-state index in [1.807, 2.05) is 42.5 Å². The molecule has 0 saturated carbocycles. The minimum absolute atomic E-state index is 0.270. The number of Topliss-reactive ketones (excluding diaryl/α,β-unsaturated/α-hetero) is 1. The van der Waals surface area contributed by atoms with E-state index in [4.69, 9.17) is 0 Å². The largest absolute Gasteiger partial charge is 0.375 e. The van der Waals surface area contributed by atoms with Crippen LogP contribution >= 0.6 is 15.9 Å². The fourth-order valence-electron chi connectivity index (χ4n) is 3.86. The molecule has 0 fully saturated rings. The summed E-state index contributed by atoms with van der Waals surface area (Å²) < 4.78 is 0.739. The Hall–Kier alpha value is -2.76. The molecule has 3 aromatic carbocycles. The van der Waals surface area contributed by atoms with Crippen molar-refractivity contribution >= 4 is 33.3 Å². The van der Waals surface area contributed by atoms with E-state index in [0.29, 0.717) is 23.4 Å². The van der Waals surface area contributed by atoms with E-state index in [-0.39, 0.29) is 5.78 Å². The molecule has 0 aromatic heterocycles. The van der Waals surface area contributed by atoms with Gasteiger partial charge in [0.1, 0.15) is 0 Å². The molecule has 146 valence electrons. The van der Waals surface area contributed by atoms with Crippen LogP contribution in [-0.2, 0) is 16.9 Å². The molecule has 2 atom stereocenters. The van der Waals surface area contributed by atoms with Gasteiger partial charge in [-0.05, 0) is 23.8 Å². The van der Waals surface area contributed by atoms with Crippen LogP contribution in [0.4, 0.5) is 5.69 Å². The maximum Gasteiger partial charge on any atom is 0.264 e. The van der Waals surface area contributed by atoms with Crippen LogP contribution in [0.2, 0.25) is 0 Å². The molecule has 4 nitrogen and oxygen atoms in total. The lowest BCUT2D eigenvalue weighted by Gasteiger charge is -2.28. The van der Waals surface area contributed by atoms with Crippen molar-refractivity contribution < 1.29 is 14.7 Å². The fourth-order valence-corrected chi connectivity index (χ4v) is 4.22. The Balaban J connectivity index is 1.78. The number of nitrogens with zero attached hydrogens (tertiary/aromatic N) is 1. The molecule has 1 heterocycles. The van der Waals surface area contributed by atoms with Crippen molar-refractivity contribution in [2.24, 2.45) is 5.92 Å². The molecule has 1 amide bonds. The van der Waals surface area contributed by atoms with Crippen molar-refractivity contribution in [3.8, 4) is 0 Å². The zero-order valence-electron chi connectivity index (χ0n) is 15.9. The maximum absolute atomic E-state index is 13.5. The van der Waals surface area contributed by atoms with Gasteiger partial charge in [0.25, 0.3) is 5.91 Å². The van der Waals surface area contributed by atoms with E-state index >= 15 is 0 Å². The Morgan fingerprint density at radius 3 is 2.31 bits per heavy atom. The number of fused-ring (bicyclic) bond motifs is 1. The van der Waals surface area contributed by atoms with E-state index in [2.05, 4.69) is 15.9 Å². The lowest BCUT2D eigenvalue weighted by atomic mass is 9.79. The molecule has 0 saturated heterocycles. The molecule has 0 spiro atoms. The summed E-state index contributed by atoms with van der Waals surface area (Å²) in [5, 5.41) is 11.7. The number of hydrogen-bond acceptors (Lipinski definition) is 3. The van der Waals surface area contributed by atoms with Crippen molar-refractivity contribution in [1.82, 2.24) is 0 Å². The van der Waals surface area contributed by atoms with Gasteiger partial charge < -0.3 is 10.0 Å². The highest BCUT2D eigenvalue weighted by Crippen LogP contribution is 2.47. The Bertz CT molecular complexity index is 1070. The summed E-state index contributed by atoms with van der Waals surface area (Å²) in [6.07, 6.45) is 0. The second-order valence-electron chi connectivity index (χ2n) is 7.26. The molecule has 0 radical (unpaired) electrons. The van der Waals surface area contributed by atoms with Gasteiger partial charge >= 0.3 is 0 Å². The number of carbonyl (C=O) groups excluding carboxylic acids is 2. The quantitative estimate of drug-likeness (QED) is 0.574. The van der Waals surface area contributed by atoms with Gasteiger partial charge in [0.2, 0.25) is 0 Å². The zero-order valence-corrected chi connectivity index (χ0v) is 17.5. The summed E-state index contributed by atoms with van der Waals surface area (Å²) in [5.41, 5.74) is 0.558. The minimum atomic E-state index is -1.93. The summed E-state index contributed by atoms with van der Waals surface area (Å²) in [5.74, 6) is -1.69. The number of halogens is 1. The van der Waals surface area contributed by atoms with Crippen molar-refractivity contribution in [2.75, 3.05) is 4.90 Å². The van der Waals surface area contributed by atoms with Gasteiger partial charge in [-0.2, -0.15) is 0 Å². The second-order valence-corrected chi connectivity index (χ2v) is 8.17. The van der Waals surface area contributed by atoms with Crippen LogP contribution in [0.1, 0.15) is 28.4 Å². The lowest BCUT2D eigenvalue weighted by Crippen LogP contribution is -2.47. The number of amides is 1. The first-order valence-electron chi connectivity index (χ1n) is 9.40. The Kier molecular flexibility index (Phi) is 5.11. The third kappa shape index (κ3) is 3.30. The van der Waals surface area contributed by atoms with Crippen molar-refractivity contribution in [1.29, 1.82) is 0 Å². The van der Waals surface area contributed by atoms with E-state index in [0.717, 1.165) is 10.0 Å². The molecule has 0 bridgehead atoms. The van der Waals surface area contributed by atoms with Crippen LogP contribution in [0.5, 0.6) is 0 Å². The van der Waals surface area contributed by atoms with Gasteiger partial charge in [0.15, 0.2) is 11.4 Å². The molecule has 1 aliphatic rings. The van der Waals surface area contributed by atoms with Crippen molar-refractivity contribution in [3.05, 3.63) is 100 Å². The van der Waals surface area contributed by atoms with Crippen molar-refractivity contribution in [3.63, 3.8) is 0 Å². The number of aliphatic hydroxyl groups is 1. The number of benzene rings is 3. The van der Waals surface area contributed by atoms with Crippen LogP contribution in [0.15, 0.2) is 83.3 Å². The normalized spacial score (nSPS) is 19.1. The number of anilines is 1. The number of rotatable bonds is 5. The topological polar surface area (TPSA) is 57.6 Å². The first-order valence-corrected chi connectivity index (χ1v) is 10.2. The van der Waals surface area contributed by atoms with Crippen LogP contribution < -0.4 is 4.90 Å². The smallest absolute Gasteiger partial charge is 0.264 e. The van der Waals surface area contributed by atoms with Crippen LogP contribution in [0, 0.1) is 5.92 Å². The van der Waals surface area contributed by atoms with Gasteiger partial charge in [0, 0.05) is 15.6 Å². The number of ketones is 1. The third-order valence-electron chi connectivity index (χ3n) is 5.49. The molecule has 3 aromatic rings. The van der Waals surface area contributed by atoms with E-state index < -0.39 is 17.4 Å². The number of carbonyl (C=O) groups is 2. The predicted octanol–water partition coefficient (Wildman–Crippen LogP) is 4.70. The van der Waals surface area contributed by atoms with Crippen LogP contribution in [0.3, 0.4) is 0 Å². The first-order chi connectivity index (χ1) is 13.9. The highest BCUT2D eigenvalue weighted by Gasteiger charge is 2.55. The molecule has 1 aliphatic heterocycles. The average molecular weight is 450 g/mol. The third-order valence-corrected chi connectivity index (χ3v) is 5.99. The molecule has 1 N–H and O–H groups in total. The zero-order chi connectivity index (χ0) is 20.6. The summed E-state index contributed by atoms with van der Waals surface area (Å²) in [6.45, 7) is 1.94. The van der Waals surface area contributed by atoms with Gasteiger partial charge in [-0.25, -0.2) is 0 Å². The Morgan fingerprint density at radius 1 is 1.03 bits per heavy atom. The van der Waals surface area contributed by atoms with Crippen LogP contribution in [-0.4, -0.2) is 16.8 Å². The highest BCUT2D eigenvalue weighted by molar-refractivity contribution is 9.10. The summed E-state index contributed by atoms with van der Waals surface area (Å²) in [4.78, 5) is 28.1. The molecular weight excluding hydrogens is 430 g/mol. The fraction of sp³-hybridized carbons (Fsp3) is 0.167. The summed E-state index contributed by atoms with van der Waals surface area (Å²) in [6, 6.07) is 23.7. The Morgan fingerprint density at radius 2 is 1.66 bits per heavy atom. The Labute approximate surface area is 177 Å². The SMILES string of the molecule is C[C@H](C(=O)c1ccccc1)[C@@]1(O)C(=O)N(Cc2ccccc2)c2ccc(Br)cc21. The molecule has 5 heteroatoms. The van der Waals surface area contributed by atoms with E-state index in [1.165, 1.54) is 0 Å². The van der Waals surface area contributed by atoms with Gasteiger partial charge in [-0.3, -0.25) is 9.59 Å². The van der Waals surface area contributed by atoms with E-state index in [1.54, 1.807) is 48.2 Å². The van der Waals surface area contributed by atoms with Gasteiger partial charge in [-0.15, -0.1) is 0 Å². The lowest BCUT2D eigenvalue weighted by molar-refractivity contribution is -0.139. The maximum atomic E-state index is 13.5. The molecular formula is C24H20BrNO3. The molecule has 4 rings (SSSR count). The van der Waals surface area contributed by atoms with Gasteiger partial charge in [0.05, 0.1) is 18.2 Å². The van der Waals surface area contributed by atoms with E-state index in [9.17, 15) is 14.7 Å². The minimum Gasteiger partial charge on any atom is -0.375 e. The predicted molar refractivity (Wildman–Crippen MR) is 116 cm³/mol. The summed E-state index contributed by atoms with van der Waals surface area (Å²) >= 11 is 3.43. The van der Waals surface area contributed by atoms with Crippen molar-refractivity contribution in [2.45, 2.75) is 19.1 Å². The molecule has 0 unspecified atom stereocenters. The summed E-state index contributed by atoms with van der Waals surface area (Å²) in [7, 11) is 0. The first kappa shape index (κ1) is 19.6. The molecule has 29 heavy (non-hydrogen) atoms. The standard InChI is InChI=1S/C24H20BrNO3/c1-16(22(27)18-10-6-3-7-11-18)24(29)20-14-19(25)12-13-21(20)26(23(24)28)15-17-8-4-2-5-9-17/h2-14,16,29H,15H2,1H3/t16-,24+/m1/s1. The average Bonchev–Trinajstić information content (AvgIpc) is 2.96. The van der Waals surface area contributed by atoms with Crippen LogP contribution in [0.25, 0.3) is 0 Å². The van der Waals surface area contributed by atoms with Gasteiger partial charge in [-0.1, -0.05) is 83.5 Å². The monoisotopic (exact) mass is 449 g/mol. The molecule has 0 aliphatic carbocycles. The number of hydrogen-bond donors (Lipinski definition) is 1. The highest BCUT2D eigenvalue weighted by atomic mass is 79.9. The second kappa shape index (κ2) is 7.58.